The molecule has 2 fully saturated rings. The lowest BCUT2D eigenvalue weighted by atomic mass is 9.72. The van der Waals surface area contributed by atoms with Crippen molar-refractivity contribution in [3.8, 4) is 0 Å². The zero-order valence-corrected chi connectivity index (χ0v) is 13.2. The predicted octanol–water partition coefficient (Wildman–Crippen LogP) is 2.06. The summed E-state index contributed by atoms with van der Waals surface area (Å²) >= 11 is 0. The summed E-state index contributed by atoms with van der Waals surface area (Å²) in [4.78, 5) is 26.2. The van der Waals surface area contributed by atoms with Gasteiger partial charge in [-0.1, -0.05) is 30.3 Å². The zero-order valence-electron chi connectivity index (χ0n) is 13.2. The Hall–Kier alpha value is -1.88. The molecular formula is C18H23NO4. The number of carbonyl (C=O) groups is 2. The monoisotopic (exact) mass is 317 g/mol. The van der Waals surface area contributed by atoms with Crippen LogP contribution in [-0.4, -0.2) is 48.2 Å². The normalized spacial score (nSPS) is 21.8. The van der Waals surface area contributed by atoms with Crippen LogP contribution in [-0.2, 0) is 19.7 Å². The number of carboxylic acids is 1. The van der Waals surface area contributed by atoms with Crippen molar-refractivity contribution in [3.05, 3.63) is 35.9 Å². The highest BCUT2D eigenvalue weighted by molar-refractivity contribution is 5.88. The van der Waals surface area contributed by atoms with Crippen molar-refractivity contribution in [3.63, 3.8) is 0 Å². The standard InChI is InChI=1S/C18H23NO4/c20-16(21)14-6-10-19(11-7-14)17(22)18(8-12-23-13-9-18)15-4-2-1-3-5-15/h1-5,14H,6-13H2,(H,20,21). The molecule has 2 saturated heterocycles. The minimum atomic E-state index is -0.749. The molecule has 0 spiro atoms. The zero-order chi connectivity index (χ0) is 16.3. The quantitative estimate of drug-likeness (QED) is 0.926. The molecule has 23 heavy (non-hydrogen) atoms. The summed E-state index contributed by atoms with van der Waals surface area (Å²) in [6.45, 7) is 2.24. The van der Waals surface area contributed by atoms with Crippen LogP contribution in [0.1, 0.15) is 31.2 Å². The van der Waals surface area contributed by atoms with E-state index in [0.29, 0.717) is 52.0 Å². The molecule has 2 aliphatic heterocycles. The number of rotatable bonds is 3. The van der Waals surface area contributed by atoms with Crippen molar-refractivity contribution in [1.29, 1.82) is 0 Å². The number of hydrogen-bond donors (Lipinski definition) is 1. The molecule has 0 radical (unpaired) electrons. The molecule has 0 unspecified atom stereocenters. The number of likely N-dealkylation sites (tertiary alicyclic amines) is 1. The summed E-state index contributed by atoms with van der Waals surface area (Å²) in [5.41, 5.74) is 0.531. The second-order valence-corrected chi connectivity index (χ2v) is 6.47. The lowest BCUT2D eigenvalue weighted by Gasteiger charge is -2.42. The third-order valence-electron chi connectivity index (χ3n) is 5.21. The molecule has 2 aliphatic rings. The lowest BCUT2D eigenvalue weighted by molar-refractivity contribution is -0.149. The largest absolute Gasteiger partial charge is 0.481 e. The fourth-order valence-electron chi connectivity index (χ4n) is 3.74. The molecule has 2 heterocycles. The minimum absolute atomic E-state index is 0.135. The van der Waals surface area contributed by atoms with E-state index in [-0.39, 0.29) is 11.8 Å². The minimum Gasteiger partial charge on any atom is -0.481 e. The van der Waals surface area contributed by atoms with E-state index < -0.39 is 11.4 Å². The average molecular weight is 317 g/mol. The van der Waals surface area contributed by atoms with Gasteiger partial charge < -0.3 is 14.7 Å². The van der Waals surface area contributed by atoms with E-state index >= 15 is 0 Å². The summed E-state index contributed by atoms with van der Waals surface area (Å²) in [6, 6.07) is 9.94. The third-order valence-corrected chi connectivity index (χ3v) is 5.21. The van der Waals surface area contributed by atoms with Crippen LogP contribution in [0, 0.1) is 5.92 Å². The van der Waals surface area contributed by atoms with E-state index in [1.54, 1.807) is 0 Å². The van der Waals surface area contributed by atoms with Crippen LogP contribution in [0.25, 0.3) is 0 Å². The van der Waals surface area contributed by atoms with Gasteiger partial charge in [0.05, 0.1) is 11.3 Å². The Kier molecular flexibility index (Phi) is 4.66. The summed E-state index contributed by atoms with van der Waals surface area (Å²) in [5, 5.41) is 9.12. The molecule has 5 nitrogen and oxygen atoms in total. The van der Waals surface area contributed by atoms with Crippen LogP contribution in [0.15, 0.2) is 30.3 Å². The summed E-state index contributed by atoms with van der Waals surface area (Å²) < 4.78 is 5.48. The maximum atomic E-state index is 13.3. The van der Waals surface area contributed by atoms with Crippen molar-refractivity contribution < 1.29 is 19.4 Å². The molecule has 0 aromatic heterocycles. The van der Waals surface area contributed by atoms with Crippen LogP contribution in [0.5, 0.6) is 0 Å². The molecule has 1 amide bonds. The second kappa shape index (κ2) is 6.71. The maximum Gasteiger partial charge on any atom is 0.306 e. The van der Waals surface area contributed by atoms with Crippen LogP contribution >= 0.6 is 0 Å². The Morgan fingerprint density at radius 1 is 1.09 bits per heavy atom. The highest BCUT2D eigenvalue weighted by atomic mass is 16.5. The number of carboxylic acid groups (broad SMARTS) is 1. The smallest absolute Gasteiger partial charge is 0.306 e. The van der Waals surface area contributed by atoms with Crippen molar-refractivity contribution in [2.24, 2.45) is 5.92 Å². The van der Waals surface area contributed by atoms with Gasteiger partial charge in [-0.15, -0.1) is 0 Å². The molecule has 0 atom stereocenters. The van der Waals surface area contributed by atoms with E-state index in [2.05, 4.69) is 0 Å². The Morgan fingerprint density at radius 3 is 2.26 bits per heavy atom. The van der Waals surface area contributed by atoms with Crippen LogP contribution in [0.2, 0.25) is 0 Å². The van der Waals surface area contributed by atoms with Crippen LogP contribution < -0.4 is 0 Å². The van der Waals surface area contributed by atoms with Crippen LogP contribution in [0.4, 0.5) is 0 Å². The van der Waals surface area contributed by atoms with E-state index in [0.717, 1.165) is 5.56 Å². The molecule has 5 heteroatoms. The second-order valence-electron chi connectivity index (χ2n) is 6.47. The van der Waals surface area contributed by atoms with Gasteiger partial charge in [-0.2, -0.15) is 0 Å². The third kappa shape index (κ3) is 3.11. The van der Waals surface area contributed by atoms with Gasteiger partial charge in [0.2, 0.25) is 5.91 Å². The molecule has 124 valence electrons. The number of piperidine rings is 1. The van der Waals surface area contributed by atoms with Crippen LogP contribution in [0.3, 0.4) is 0 Å². The van der Waals surface area contributed by atoms with E-state index in [1.807, 2.05) is 35.2 Å². The molecule has 0 saturated carbocycles. The van der Waals surface area contributed by atoms with Crippen molar-refractivity contribution >= 4 is 11.9 Å². The van der Waals surface area contributed by atoms with Crippen molar-refractivity contribution in [2.45, 2.75) is 31.1 Å². The molecule has 1 aromatic rings. The Balaban J connectivity index is 1.81. The fourth-order valence-corrected chi connectivity index (χ4v) is 3.74. The van der Waals surface area contributed by atoms with Gasteiger partial charge in [0.25, 0.3) is 0 Å². The van der Waals surface area contributed by atoms with Crippen molar-refractivity contribution in [2.75, 3.05) is 26.3 Å². The summed E-state index contributed by atoms with van der Waals surface area (Å²) in [5.74, 6) is -0.932. The van der Waals surface area contributed by atoms with Gasteiger partial charge in [0.1, 0.15) is 0 Å². The Bertz CT molecular complexity index is 558. The van der Waals surface area contributed by atoms with E-state index in [1.165, 1.54) is 0 Å². The van der Waals surface area contributed by atoms with Gasteiger partial charge >= 0.3 is 5.97 Å². The number of hydrogen-bond acceptors (Lipinski definition) is 3. The van der Waals surface area contributed by atoms with Gasteiger partial charge in [-0.25, -0.2) is 0 Å². The van der Waals surface area contributed by atoms with Gasteiger partial charge in [0.15, 0.2) is 0 Å². The molecule has 0 bridgehead atoms. The molecule has 1 aromatic carbocycles. The van der Waals surface area contributed by atoms with Gasteiger partial charge in [-0.3, -0.25) is 9.59 Å². The highest BCUT2D eigenvalue weighted by Crippen LogP contribution is 2.37. The SMILES string of the molecule is O=C(O)C1CCN(C(=O)C2(c3ccccc3)CCOCC2)CC1. The first-order chi connectivity index (χ1) is 11.1. The Labute approximate surface area is 136 Å². The molecule has 1 N–H and O–H groups in total. The first-order valence-corrected chi connectivity index (χ1v) is 8.29. The first-order valence-electron chi connectivity index (χ1n) is 8.29. The highest BCUT2D eigenvalue weighted by Gasteiger charge is 2.44. The topological polar surface area (TPSA) is 66.8 Å². The lowest BCUT2D eigenvalue weighted by Crippen LogP contribution is -2.52. The molecule has 3 rings (SSSR count). The molecular weight excluding hydrogens is 294 g/mol. The number of benzene rings is 1. The maximum absolute atomic E-state index is 13.3. The van der Waals surface area contributed by atoms with Crippen molar-refractivity contribution in [1.82, 2.24) is 4.90 Å². The number of amides is 1. The Morgan fingerprint density at radius 2 is 1.70 bits per heavy atom. The van der Waals surface area contributed by atoms with E-state index in [9.17, 15) is 9.59 Å². The number of aliphatic carboxylic acids is 1. The van der Waals surface area contributed by atoms with Gasteiger partial charge in [-0.05, 0) is 31.2 Å². The summed E-state index contributed by atoms with van der Waals surface area (Å²) in [6.07, 6.45) is 2.47. The first kappa shape index (κ1) is 16.0. The molecule has 0 aliphatic carbocycles. The predicted molar refractivity (Wildman–Crippen MR) is 85.1 cm³/mol. The fraction of sp³-hybridized carbons (Fsp3) is 0.556. The number of carbonyl (C=O) groups excluding carboxylic acids is 1. The number of nitrogens with zero attached hydrogens (tertiary/aromatic N) is 1. The van der Waals surface area contributed by atoms with E-state index in [4.69, 9.17) is 9.84 Å². The average Bonchev–Trinajstić information content (AvgIpc) is 2.62. The van der Waals surface area contributed by atoms with Gasteiger partial charge in [0, 0.05) is 26.3 Å². The number of ether oxygens (including phenoxy) is 1. The summed E-state index contributed by atoms with van der Waals surface area (Å²) in [7, 11) is 0.